The van der Waals surface area contributed by atoms with Crippen LogP contribution < -0.4 is 9.04 Å². The molecule has 18 heavy (non-hydrogen) atoms. The summed E-state index contributed by atoms with van der Waals surface area (Å²) >= 11 is 0. The van der Waals surface area contributed by atoms with E-state index in [-0.39, 0.29) is 18.3 Å². The summed E-state index contributed by atoms with van der Waals surface area (Å²) in [5.41, 5.74) is 0.230. The zero-order valence-electron chi connectivity index (χ0n) is 11.0. The number of rotatable bonds is 5. The van der Waals surface area contributed by atoms with E-state index in [1.165, 1.54) is 18.2 Å². The van der Waals surface area contributed by atoms with Crippen molar-refractivity contribution in [3.63, 3.8) is 0 Å². The fraction of sp³-hybridized carbons (Fsp3) is 0.500. The van der Waals surface area contributed by atoms with Gasteiger partial charge in [0.25, 0.3) is 0 Å². The van der Waals surface area contributed by atoms with Crippen molar-refractivity contribution in [2.75, 3.05) is 17.1 Å². The van der Waals surface area contributed by atoms with Gasteiger partial charge in [0.15, 0.2) is 0 Å². The highest BCUT2D eigenvalue weighted by Gasteiger charge is 2.20. The van der Waals surface area contributed by atoms with Crippen LogP contribution in [0.3, 0.4) is 0 Å². The van der Waals surface area contributed by atoms with Gasteiger partial charge >= 0.3 is 0 Å². The second kappa shape index (κ2) is 5.56. The van der Waals surface area contributed by atoms with Gasteiger partial charge in [0, 0.05) is 12.6 Å². The molecule has 0 N–H and O–H groups in total. The second-order valence-electron chi connectivity index (χ2n) is 4.21. The van der Waals surface area contributed by atoms with E-state index in [9.17, 15) is 12.8 Å². The number of nitrogens with zero attached hydrogens (tertiary/aromatic N) is 1. The summed E-state index contributed by atoms with van der Waals surface area (Å²) in [6.45, 7) is 5.55. The third-order valence-electron chi connectivity index (χ3n) is 2.24. The first-order valence-corrected chi connectivity index (χ1v) is 7.54. The van der Waals surface area contributed by atoms with Crippen LogP contribution in [-0.2, 0) is 10.0 Å². The molecule has 1 rings (SSSR count). The Labute approximate surface area is 107 Å². The number of ether oxygens (including phenoxy) is 1. The third kappa shape index (κ3) is 3.60. The Morgan fingerprint density at radius 3 is 2.44 bits per heavy atom. The highest BCUT2D eigenvalue weighted by molar-refractivity contribution is 7.92. The van der Waals surface area contributed by atoms with Crippen molar-refractivity contribution >= 4 is 15.7 Å². The molecule has 4 nitrogen and oxygen atoms in total. The summed E-state index contributed by atoms with van der Waals surface area (Å²) in [5.74, 6) is -0.137. The molecule has 0 saturated carbocycles. The number of sulfonamides is 1. The lowest BCUT2D eigenvalue weighted by Crippen LogP contribution is -2.30. The molecule has 0 spiro atoms. The lowest BCUT2D eigenvalue weighted by Gasteiger charge is -2.24. The zero-order chi connectivity index (χ0) is 13.9. The van der Waals surface area contributed by atoms with Crippen molar-refractivity contribution in [2.45, 2.75) is 26.9 Å². The van der Waals surface area contributed by atoms with Gasteiger partial charge in [-0.1, -0.05) is 0 Å². The van der Waals surface area contributed by atoms with Gasteiger partial charge in [0.1, 0.15) is 11.6 Å². The predicted molar refractivity (Wildman–Crippen MR) is 70.0 cm³/mol. The molecule has 6 heteroatoms. The van der Waals surface area contributed by atoms with Crippen molar-refractivity contribution in [3.05, 3.63) is 24.0 Å². The molecule has 0 atom stereocenters. The molecular weight excluding hydrogens is 257 g/mol. The van der Waals surface area contributed by atoms with Gasteiger partial charge in [0.2, 0.25) is 10.0 Å². The largest absolute Gasteiger partial charge is 0.489 e. The van der Waals surface area contributed by atoms with Crippen LogP contribution in [0.25, 0.3) is 0 Å². The van der Waals surface area contributed by atoms with E-state index in [1.807, 2.05) is 13.8 Å². The normalized spacial score (nSPS) is 11.7. The van der Waals surface area contributed by atoms with Crippen LogP contribution in [0.1, 0.15) is 20.8 Å². The Kier molecular flexibility index (Phi) is 4.56. The molecule has 0 aliphatic carbocycles. The van der Waals surface area contributed by atoms with Gasteiger partial charge in [-0.15, -0.1) is 0 Å². The molecule has 0 saturated heterocycles. The van der Waals surface area contributed by atoms with Crippen molar-refractivity contribution in [2.24, 2.45) is 0 Å². The molecule has 0 amide bonds. The molecule has 0 aliphatic heterocycles. The second-order valence-corrected chi connectivity index (χ2v) is 6.11. The van der Waals surface area contributed by atoms with Crippen molar-refractivity contribution in [3.8, 4) is 5.75 Å². The van der Waals surface area contributed by atoms with Crippen LogP contribution in [0, 0.1) is 5.82 Å². The molecule has 1 aromatic rings. The van der Waals surface area contributed by atoms with E-state index < -0.39 is 15.8 Å². The average molecular weight is 275 g/mol. The van der Waals surface area contributed by atoms with Crippen LogP contribution >= 0.6 is 0 Å². The van der Waals surface area contributed by atoms with Crippen molar-refractivity contribution < 1.29 is 17.5 Å². The number of halogens is 1. The SMILES string of the molecule is CCN(c1cc(F)ccc1OC(C)C)S(C)(=O)=O. The molecule has 0 bridgehead atoms. The fourth-order valence-corrected chi connectivity index (χ4v) is 2.59. The molecule has 0 fully saturated rings. The molecule has 0 radical (unpaired) electrons. The van der Waals surface area contributed by atoms with Crippen LogP contribution in [0.5, 0.6) is 5.75 Å². The van der Waals surface area contributed by atoms with Gasteiger partial charge in [-0.25, -0.2) is 12.8 Å². The highest BCUT2D eigenvalue weighted by atomic mass is 32.2. The van der Waals surface area contributed by atoms with Crippen molar-refractivity contribution in [1.82, 2.24) is 0 Å². The minimum absolute atomic E-state index is 0.118. The van der Waals surface area contributed by atoms with E-state index in [0.717, 1.165) is 10.6 Å². The van der Waals surface area contributed by atoms with Crippen LogP contribution in [0.2, 0.25) is 0 Å². The minimum atomic E-state index is -3.46. The summed E-state index contributed by atoms with van der Waals surface area (Å²) in [4.78, 5) is 0. The van der Waals surface area contributed by atoms with Gasteiger partial charge in [-0.3, -0.25) is 4.31 Å². The molecule has 0 aliphatic rings. The Balaban J connectivity index is 3.31. The summed E-state index contributed by atoms with van der Waals surface area (Å²) in [5, 5.41) is 0. The summed E-state index contributed by atoms with van der Waals surface area (Å²) < 4.78 is 43.2. The van der Waals surface area contributed by atoms with Crippen molar-refractivity contribution in [1.29, 1.82) is 0 Å². The van der Waals surface area contributed by atoms with E-state index in [1.54, 1.807) is 6.92 Å². The number of hydrogen-bond donors (Lipinski definition) is 0. The van der Waals surface area contributed by atoms with E-state index >= 15 is 0 Å². The van der Waals surface area contributed by atoms with E-state index in [0.29, 0.717) is 5.75 Å². The number of anilines is 1. The lowest BCUT2D eigenvalue weighted by molar-refractivity contribution is 0.243. The van der Waals surface area contributed by atoms with Crippen LogP contribution in [0.15, 0.2) is 18.2 Å². The first-order chi connectivity index (χ1) is 8.25. The maximum Gasteiger partial charge on any atom is 0.232 e. The van der Waals surface area contributed by atoms with Crippen LogP contribution in [0.4, 0.5) is 10.1 Å². The van der Waals surface area contributed by atoms with Gasteiger partial charge < -0.3 is 4.74 Å². The molecular formula is C12H18FNO3S. The van der Waals surface area contributed by atoms with Gasteiger partial charge in [0.05, 0.1) is 18.0 Å². The molecule has 1 aromatic carbocycles. The molecule has 0 heterocycles. The van der Waals surface area contributed by atoms with Crippen LogP contribution in [-0.4, -0.2) is 27.3 Å². The average Bonchev–Trinajstić information content (AvgIpc) is 2.20. The Bertz CT molecular complexity index is 514. The smallest absolute Gasteiger partial charge is 0.232 e. The third-order valence-corrected chi connectivity index (χ3v) is 3.50. The van der Waals surface area contributed by atoms with Gasteiger partial charge in [-0.2, -0.15) is 0 Å². The standard InChI is InChI=1S/C12H18FNO3S/c1-5-14(18(4,15)16)11-8-10(13)6-7-12(11)17-9(2)3/h6-9H,5H2,1-4H3. The quantitative estimate of drug-likeness (QED) is 0.829. The summed E-state index contributed by atoms with van der Waals surface area (Å²) in [7, 11) is -3.46. The maximum atomic E-state index is 13.3. The number of hydrogen-bond acceptors (Lipinski definition) is 3. The number of benzene rings is 1. The minimum Gasteiger partial charge on any atom is -0.489 e. The first-order valence-electron chi connectivity index (χ1n) is 5.69. The molecule has 102 valence electrons. The van der Waals surface area contributed by atoms with E-state index in [2.05, 4.69) is 0 Å². The zero-order valence-corrected chi connectivity index (χ0v) is 11.8. The highest BCUT2D eigenvalue weighted by Crippen LogP contribution is 2.31. The van der Waals surface area contributed by atoms with E-state index in [4.69, 9.17) is 4.74 Å². The van der Waals surface area contributed by atoms with Gasteiger partial charge in [-0.05, 0) is 32.9 Å². The summed E-state index contributed by atoms with van der Waals surface area (Å²) in [6.07, 6.45) is 0.966. The topological polar surface area (TPSA) is 46.6 Å². The first kappa shape index (κ1) is 14.8. The maximum absolute atomic E-state index is 13.3. The Hall–Kier alpha value is -1.30. The Morgan fingerprint density at radius 2 is 2.00 bits per heavy atom. The fourth-order valence-electron chi connectivity index (χ4n) is 1.62. The Morgan fingerprint density at radius 1 is 1.39 bits per heavy atom. The molecule has 0 aromatic heterocycles. The predicted octanol–water partition coefficient (Wildman–Crippen LogP) is 2.40. The monoisotopic (exact) mass is 275 g/mol. The lowest BCUT2D eigenvalue weighted by atomic mass is 10.2. The summed E-state index contributed by atoms with van der Waals surface area (Å²) in [6, 6.07) is 3.86. The molecule has 0 unspecified atom stereocenters.